The highest BCUT2D eigenvalue weighted by Gasteiger charge is 2.19. The number of carbonyl (C=O) groups excluding carboxylic acids is 1. The molecule has 0 spiro atoms. The molecule has 0 heterocycles. The fourth-order valence-electron chi connectivity index (χ4n) is 2.20. The summed E-state index contributed by atoms with van der Waals surface area (Å²) in [5.41, 5.74) is 0.200. The summed E-state index contributed by atoms with van der Waals surface area (Å²) in [4.78, 5) is 22.5. The Morgan fingerprint density at radius 3 is 2.50 bits per heavy atom. The van der Waals surface area contributed by atoms with Gasteiger partial charge in [-0.1, -0.05) is 26.7 Å². The fraction of sp³-hybridized carbons (Fsp3) is 0.500. The van der Waals surface area contributed by atoms with Crippen molar-refractivity contribution >= 4 is 27.5 Å². The van der Waals surface area contributed by atoms with Crippen LogP contribution in [0.3, 0.4) is 0 Å². The molecule has 1 unspecified atom stereocenters. The summed E-state index contributed by atoms with van der Waals surface area (Å²) in [6.45, 7) is 6.13. The average Bonchev–Trinajstić information content (AvgIpc) is 2.40. The molecular weight excluding hydrogens is 324 g/mol. The van der Waals surface area contributed by atoms with Crippen molar-refractivity contribution in [3.05, 3.63) is 38.3 Å². The first kappa shape index (κ1) is 16.6. The highest BCUT2D eigenvalue weighted by molar-refractivity contribution is 9.10. The molecular formula is C14H19BrN2O3. The number of nitro groups is 1. The van der Waals surface area contributed by atoms with Crippen LogP contribution >= 0.6 is 15.9 Å². The smallest absolute Gasteiger partial charge is 0.284 e. The average molecular weight is 343 g/mol. The zero-order valence-corrected chi connectivity index (χ0v) is 13.4. The van der Waals surface area contributed by atoms with Gasteiger partial charge in [-0.3, -0.25) is 14.9 Å². The monoisotopic (exact) mass is 342 g/mol. The summed E-state index contributed by atoms with van der Waals surface area (Å²) in [5.74, 6) is 0.129. The van der Waals surface area contributed by atoms with E-state index in [0.29, 0.717) is 16.0 Å². The molecule has 5 nitrogen and oxygen atoms in total. The summed E-state index contributed by atoms with van der Waals surface area (Å²) in [6.07, 6.45) is 1.97. The summed E-state index contributed by atoms with van der Waals surface area (Å²) in [7, 11) is 0. The van der Waals surface area contributed by atoms with Crippen LogP contribution in [0.5, 0.6) is 0 Å². The third-order valence-electron chi connectivity index (χ3n) is 3.52. The van der Waals surface area contributed by atoms with Crippen LogP contribution in [0.1, 0.15) is 44.0 Å². The van der Waals surface area contributed by atoms with Crippen molar-refractivity contribution in [2.24, 2.45) is 5.92 Å². The molecule has 6 heteroatoms. The Hall–Kier alpha value is -1.43. The molecule has 1 atom stereocenters. The molecule has 1 aromatic carbocycles. The summed E-state index contributed by atoms with van der Waals surface area (Å²) < 4.78 is 0.368. The lowest BCUT2D eigenvalue weighted by Crippen LogP contribution is -2.37. The number of hydrogen-bond acceptors (Lipinski definition) is 3. The number of hydrogen-bond donors (Lipinski definition) is 1. The topological polar surface area (TPSA) is 72.2 Å². The van der Waals surface area contributed by atoms with Gasteiger partial charge in [0.25, 0.3) is 11.6 Å². The molecule has 1 N–H and O–H groups in total. The van der Waals surface area contributed by atoms with Gasteiger partial charge < -0.3 is 5.32 Å². The van der Waals surface area contributed by atoms with Crippen LogP contribution in [-0.2, 0) is 0 Å². The Morgan fingerprint density at radius 2 is 2.00 bits per heavy atom. The van der Waals surface area contributed by atoms with Gasteiger partial charge in [-0.2, -0.15) is 0 Å². The first-order chi connectivity index (χ1) is 9.40. The van der Waals surface area contributed by atoms with Gasteiger partial charge in [0.2, 0.25) is 0 Å². The normalized spacial score (nSPS) is 12.2. The first-order valence-electron chi connectivity index (χ1n) is 6.65. The lowest BCUT2D eigenvalue weighted by atomic mass is 9.95. The van der Waals surface area contributed by atoms with E-state index in [4.69, 9.17) is 0 Å². The second-order valence-corrected chi connectivity index (χ2v) is 5.62. The number of rotatable bonds is 6. The highest BCUT2D eigenvalue weighted by Crippen LogP contribution is 2.25. The minimum atomic E-state index is -0.509. The van der Waals surface area contributed by atoms with Gasteiger partial charge in [0.05, 0.1) is 9.40 Å². The molecule has 0 aliphatic rings. The minimum absolute atomic E-state index is 0.0419. The second-order valence-electron chi connectivity index (χ2n) is 4.76. The van der Waals surface area contributed by atoms with Crippen molar-refractivity contribution in [1.82, 2.24) is 5.32 Å². The number of nitrogens with one attached hydrogen (secondary N) is 1. The molecule has 1 aromatic rings. The van der Waals surface area contributed by atoms with Gasteiger partial charge in [0.1, 0.15) is 0 Å². The molecule has 0 fully saturated rings. The van der Waals surface area contributed by atoms with Crippen LogP contribution in [-0.4, -0.2) is 16.9 Å². The third kappa shape index (κ3) is 4.03. The quantitative estimate of drug-likeness (QED) is 0.629. The molecule has 0 aliphatic heterocycles. The summed E-state index contributed by atoms with van der Waals surface area (Å²) in [6, 6.07) is 4.43. The van der Waals surface area contributed by atoms with E-state index >= 15 is 0 Å². The maximum atomic E-state index is 12.1. The highest BCUT2D eigenvalue weighted by atomic mass is 79.9. The number of halogens is 1. The van der Waals surface area contributed by atoms with Gasteiger partial charge in [-0.05, 0) is 40.9 Å². The third-order valence-corrected chi connectivity index (χ3v) is 4.19. The van der Waals surface area contributed by atoms with E-state index in [9.17, 15) is 14.9 Å². The van der Waals surface area contributed by atoms with E-state index in [1.54, 1.807) is 6.07 Å². The largest absolute Gasteiger partial charge is 0.349 e. The molecule has 0 bridgehead atoms. The SMILES string of the molecule is CCC(CC)C(C)NC(=O)c1ccc(Br)c([N+](=O)[O-])c1. The summed E-state index contributed by atoms with van der Waals surface area (Å²) >= 11 is 3.10. The molecule has 0 saturated carbocycles. The number of nitrogens with zero attached hydrogens (tertiary/aromatic N) is 1. The standard InChI is InChI=1S/C14H19BrN2O3/c1-4-10(5-2)9(3)16-14(18)11-6-7-12(15)13(8-11)17(19)20/h6-10H,4-5H2,1-3H3,(H,16,18). The zero-order valence-electron chi connectivity index (χ0n) is 11.9. The maximum absolute atomic E-state index is 12.1. The second kappa shape index (κ2) is 7.38. The van der Waals surface area contributed by atoms with E-state index in [2.05, 4.69) is 35.1 Å². The predicted octanol–water partition coefficient (Wildman–Crippen LogP) is 3.91. The fourth-order valence-corrected chi connectivity index (χ4v) is 2.59. The van der Waals surface area contributed by atoms with Crippen molar-refractivity contribution in [1.29, 1.82) is 0 Å². The molecule has 20 heavy (non-hydrogen) atoms. The Labute approximate surface area is 127 Å². The number of benzene rings is 1. The minimum Gasteiger partial charge on any atom is -0.349 e. The molecule has 0 aromatic heterocycles. The van der Waals surface area contributed by atoms with Gasteiger partial charge in [-0.15, -0.1) is 0 Å². The van der Waals surface area contributed by atoms with Crippen molar-refractivity contribution in [3.8, 4) is 0 Å². The first-order valence-corrected chi connectivity index (χ1v) is 7.44. The van der Waals surface area contributed by atoms with Crippen molar-refractivity contribution < 1.29 is 9.72 Å². The van der Waals surface area contributed by atoms with E-state index in [0.717, 1.165) is 12.8 Å². The van der Waals surface area contributed by atoms with E-state index in [1.807, 2.05) is 6.92 Å². The van der Waals surface area contributed by atoms with Crippen LogP contribution in [0.4, 0.5) is 5.69 Å². The molecule has 0 aliphatic carbocycles. The van der Waals surface area contributed by atoms with E-state index in [1.165, 1.54) is 12.1 Å². The number of carbonyl (C=O) groups is 1. The van der Waals surface area contributed by atoms with Crippen LogP contribution < -0.4 is 5.32 Å². The van der Waals surface area contributed by atoms with Gasteiger partial charge in [0, 0.05) is 17.7 Å². The van der Waals surface area contributed by atoms with E-state index < -0.39 is 4.92 Å². The number of amides is 1. The van der Waals surface area contributed by atoms with Crippen molar-refractivity contribution in [2.75, 3.05) is 0 Å². The zero-order chi connectivity index (χ0) is 15.3. The van der Waals surface area contributed by atoms with Gasteiger partial charge in [0.15, 0.2) is 0 Å². The van der Waals surface area contributed by atoms with Crippen molar-refractivity contribution in [2.45, 2.75) is 39.7 Å². The van der Waals surface area contributed by atoms with Crippen LogP contribution in [0.15, 0.2) is 22.7 Å². The number of nitro benzene ring substituents is 1. The van der Waals surface area contributed by atoms with Gasteiger partial charge in [-0.25, -0.2) is 0 Å². The molecule has 0 radical (unpaired) electrons. The Bertz CT molecular complexity index is 501. The molecule has 0 saturated heterocycles. The molecule has 1 amide bonds. The Balaban J connectivity index is 2.88. The Morgan fingerprint density at radius 1 is 1.40 bits per heavy atom. The summed E-state index contributed by atoms with van der Waals surface area (Å²) in [5, 5.41) is 13.8. The van der Waals surface area contributed by atoms with Crippen LogP contribution in [0, 0.1) is 16.0 Å². The molecule has 1 rings (SSSR count). The molecule has 110 valence electrons. The van der Waals surface area contributed by atoms with Crippen molar-refractivity contribution in [3.63, 3.8) is 0 Å². The Kier molecular flexibility index (Phi) is 6.13. The van der Waals surface area contributed by atoms with E-state index in [-0.39, 0.29) is 17.6 Å². The van der Waals surface area contributed by atoms with Crippen LogP contribution in [0.25, 0.3) is 0 Å². The lowest BCUT2D eigenvalue weighted by molar-refractivity contribution is -0.385. The van der Waals surface area contributed by atoms with Crippen LogP contribution in [0.2, 0.25) is 0 Å². The van der Waals surface area contributed by atoms with Gasteiger partial charge >= 0.3 is 0 Å². The predicted molar refractivity (Wildman–Crippen MR) is 81.8 cm³/mol. The maximum Gasteiger partial charge on any atom is 0.284 e. The lowest BCUT2D eigenvalue weighted by Gasteiger charge is -2.22.